The average molecular weight is 352 g/mol. The van der Waals surface area contributed by atoms with E-state index in [4.69, 9.17) is 16.7 Å². The highest BCUT2D eigenvalue weighted by Crippen LogP contribution is 2.27. The van der Waals surface area contributed by atoms with Gasteiger partial charge in [-0.15, -0.1) is 0 Å². The minimum Gasteiger partial charge on any atom is -0.478 e. The van der Waals surface area contributed by atoms with Gasteiger partial charge in [-0.1, -0.05) is 17.7 Å². The first-order chi connectivity index (χ1) is 9.56. The van der Waals surface area contributed by atoms with Gasteiger partial charge in [-0.3, -0.25) is 4.40 Å². The monoisotopic (exact) mass is 350 g/mol. The van der Waals surface area contributed by atoms with Gasteiger partial charge in [0.05, 0.1) is 22.5 Å². The molecule has 4 nitrogen and oxygen atoms in total. The third-order valence-corrected chi connectivity index (χ3v) is 3.75. The molecule has 20 heavy (non-hydrogen) atoms. The molecule has 0 saturated heterocycles. The minimum absolute atomic E-state index is 0.0884. The van der Waals surface area contributed by atoms with Crippen LogP contribution in [0.1, 0.15) is 10.4 Å². The lowest BCUT2D eigenvalue weighted by Gasteiger charge is -2.05. The molecule has 1 N–H and O–H groups in total. The fourth-order valence-corrected chi connectivity index (χ4v) is 2.61. The fraction of sp³-hybridized carbons (Fsp3) is 0. The molecule has 6 heteroatoms. The zero-order valence-corrected chi connectivity index (χ0v) is 12.4. The van der Waals surface area contributed by atoms with Crippen molar-refractivity contribution in [1.82, 2.24) is 9.38 Å². The number of pyridine rings is 1. The second-order valence-corrected chi connectivity index (χ2v) is 5.54. The Labute approximate surface area is 127 Å². The standard InChI is InChI=1S/C14H8BrClN2O2/c15-9-2-4-13-17-6-12(18(13)7-9)8-1-3-10(14(19)20)11(16)5-8/h1-7H,(H,19,20). The van der Waals surface area contributed by atoms with Crippen LogP contribution in [0.5, 0.6) is 0 Å². The quantitative estimate of drug-likeness (QED) is 0.756. The highest BCUT2D eigenvalue weighted by molar-refractivity contribution is 9.10. The smallest absolute Gasteiger partial charge is 0.337 e. The molecule has 1 aromatic carbocycles. The number of carbonyl (C=O) groups is 1. The van der Waals surface area contributed by atoms with Gasteiger partial charge in [0, 0.05) is 16.2 Å². The largest absolute Gasteiger partial charge is 0.478 e. The summed E-state index contributed by atoms with van der Waals surface area (Å²) in [7, 11) is 0. The van der Waals surface area contributed by atoms with Crippen LogP contribution < -0.4 is 0 Å². The molecule has 2 aromatic heterocycles. The molecule has 0 atom stereocenters. The van der Waals surface area contributed by atoms with Crippen LogP contribution >= 0.6 is 27.5 Å². The van der Waals surface area contributed by atoms with E-state index in [9.17, 15) is 4.79 Å². The zero-order valence-electron chi connectivity index (χ0n) is 10.0. The Kier molecular flexibility index (Phi) is 3.23. The molecule has 0 aliphatic carbocycles. The lowest BCUT2D eigenvalue weighted by molar-refractivity contribution is 0.0697. The highest BCUT2D eigenvalue weighted by atomic mass is 79.9. The Morgan fingerprint density at radius 1 is 1.30 bits per heavy atom. The number of carboxylic acid groups (broad SMARTS) is 1. The number of fused-ring (bicyclic) bond motifs is 1. The van der Waals surface area contributed by atoms with Crippen LogP contribution in [0.2, 0.25) is 5.02 Å². The van der Waals surface area contributed by atoms with E-state index in [0.29, 0.717) is 0 Å². The molecule has 100 valence electrons. The van der Waals surface area contributed by atoms with E-state index in [-0.39, 0.29) is 10.6 Å². The molecule has 0 bridgehead atoms. The van der Waals surface area contributed by atoms with Crippen molar-refractivity contribution in [1.29, 1.82) is 0 Å². The second kappa shape index (κ2) is 4.92. The first kappa shape index (κ1) is 13.1. The summed E-state index contributed by atoms with van der Waals surface area (Å²) in [5.41, 5.74) is 2.55. The van der Waals surface area contributed by atoms with E-state index in [1.54, 1.807) is 18.3 Å². The summed E-state index contributed by atoms with van der Waals surface area (Å²) in [5, 5.41) is 9.20. The van der Waals surface area contributed by atoms with Crippen molar-refractivity contribution < 1.29 is 9.90 Å². The molecule has 3 rings (SSSR count). The predicted molar refractivity (Wildman–Crippen MR) is 80.3 cm³/mol. The Balaban J connectivity index is 2.18. The molecule has 0 unspecified atom stereocenters. The van der Waals surface area contributed by atoms with Gasteiger partial charge in [-0.05, 0) is 40.2 Å². The lowest BCUT2D eigenvalue weighted by Crippen LogP contribution is -1.97. The Morgan fingerprint density at radius 2 is 2.10 bits per heavy atom. The van der Waals surface area contributed by atoms with E-state index < -0.39 is 5.97 Å². The number of nitrogens with zero attached hydrogens (tertiary/aromatic N) is 2. The SMILES string of the molecule is O=C(O)c1ccc(-c2cnc3ccc(Br)cn23)cc1Cl. The molecule has 0 aliphatic rings. The van der Waals surface area contributed by atoms with Gasteiger partial charge in [0.15, 0.2) is 0 Å². The number of carboxylic acids is 1. The summed E-state index contributed by atoms with van der Waals surface area (Å²) in [6.45, 7) is 0. The number of halogens is 2. The third-order valence-electron chi connectivity index (χ3n) is 2.96. The Morgan fingerprint density at radius 3 is 2.80 bits per heavy atom. The zero-order chi connectivity index (χ0) is 14.3. The molecule has 0 spiro atoms. The van der Waals surface area contributed by atoms with E-state index >= 15 is 0 Å². The molecular weight excluding hydrogens is 344 g/mol. The summed E-state index contributed by atoms with van der Waals surface area (Å²) in [5.74, 6) is -1.04. The van der Waals surface area contributed by atoms with Crippen molar-refractivity contribution in [2.45, 2.75) is 0 Å². The Bertz CT molecular complexity index is 829. The maximum atomic E-state index is 11.0. The van der Waals surface area contributed by atoms with E-state index in [0.717, 1.165) is 21.4 Å². The van der Waals surface area contributed by atoms with Crippen molar-refractivity contribution in [3.63, 3.8) is 0 Å². The van der Waals surface area contributed by atoms with Gasteiger partial charge >= 0.3 is 5.97 Å². The van der Waals surface area contributed by atoms with Crippen LogP contribution in [-0.4, -0.2) is 20.5 Å². The van der Waals surface area contributed by atoms with Crippen LogP contribution in [0.15, 0.2) is 47.2 Å². The molecule has 0 saturated carbocycles. The van der Waals surface area contributed by atoms with Crippen molar-refractivity contribution in [3.8, 4) is 11.3 Å². The van der Waals surface area contributed by atoms with Crippen molar-refractivity contribution >= 4 is 39.1 Å². The summed E-state index contributed by atoms with van der Waals surface area (Å²) in [6.07, 6.45) is 3.63. The molecule has 3 aromatic rings. The van der Waals surface area contributed by atoms with Gasteiger partial charge in [0.2, 0.25) is 0 Å². The topological polar surface area (TPSA) is 54.6 Å². The number of aromatic nitrogens is 2. The molecule has 2 heterocycles. The average Bonchev–Trinajstić information content (AvgIpc) is 2.81. The summed E-state index contributed by atoms with van der Waals surface area (Å²) < 4.78 is 2.84. The predicted octanol–water partition coefficient (Wildman–Crippen LogP) is 4.12. The number of imidazole rings is 1. The molecule has 0 fully saturated rings. The van der Waals surface area contributed by atoms with Crippen molar-refractivity contribution in [2.75, 3.05) is 0 Å². The molecule has 0 radical (unpaired) electrons. The van der Waals surface area contributed by atoms with Gasteiger partial charge < -0.3 is 5.11 Å². The lowest BCUT2D eigenvalue weighted by atomic mass is 10.1. The number of rotatable bonds is 2. The maximum Gasteiger partial charge on any atom is 0.337 e. The number of hydrogen-bond acceptors (Lipinski definition) is 2. The second-order valence-electron chi connectivity index (χ2n) is 4.22. The number of benzene rings is 1. The third kappa shape index (κ3) is 2.19. The number of hydrogen-bond donors (Lipinski definition) is 1. The van der Waals surface area contributed by atoms with E-state index in [1.807, 2.05) is 22.7 Å². The van der Waals surface area contributed by atoms with Crippen LogP contribution in [-0.2, 0) is 0 Å². The van der Waals surface area contributed by atoms with Crippen LogP contribution in [0.25, 0.3) is 16.9 Å². The molecular formula is C14H8BrClN2O2. The fourth-order valence-electron chi connectivity index (χ4n) is 2.02. The van der Waals surface area contributed by atoms with Gasteiger partial charge in [-0.2, -0.15) is 0 Å². The number of aromatic carboxylic acids is 1. The summed E-state index contributed by atoms with van der Waals surface area (Å²) in [6, 6.07) is 8.65. The Hall–Kier alpha value is -1.85. The van der Waals surface area contributed by atoms with Crippen LogP contribution in [0.3, 0.4) is 0 Å². The summed E-state index contributed by atoms with van der Waals surface area (Å²) in [4.78, 5) is 15.3. The molecule has 0 aliphatic heterocycles. The first-order valence-corrected chi connectivity index (χ1v) is 6.89. The highest BCUT2D eigenvalue weighted by Gasteiger charge is 2.12. The minimum atomic E-state index is -1.04. The van der Waals surface area contributed by atoms with Crippen LogP contribution in [0.4, 0.5) is 0 Å². The first-order valence-electron chi connectivity index (χ1n) is 5.72. The normalized spacial score (nSPS) is 10.9. The van der Waals surface area contributed by atoms with Gasteiger partial charge in [-0.25, -0.2) is 9.78 Å². The molecule has 0 amide bonds. The van der Waals surface area contributed by atoms with Crippen molar-refractivity contribution in [2.24, 2.45) is 0 Å². The van der Waals surface area contributed by atoms with E-state index in [2.05, 4.69) is 20.9 Å². The van der Waals surface area contributed by atoms with Gasteiger partial charge in [0.25, 0.3) is 0 Å². The maximum absolute atomic E-state index is 11.0. The van der Waals surface area contributed by atoms with Crippen molar-refractivity contribution in [3.05, 3.63) is 57.8 Å². The van der Waals surface area contributed by atoms with E-state index in [1.165, 1.54) is 6.07 Å². The summed E-state index contributed by atoms with van der Waals surface area (Å²) >= 11 is 9.42. The van der Waals surface area contributed by atoms with Crippen LogP contribution in [0, 0.1) is 0 Å². The van der Waals surface area contributed by atoms with Gasteiger partial charge in [0.1, 0.15) is 5.65 Å².